The summed E-state index contributed by atoms with van der Waals surface area (Å²) in [5.74, 6) is -0.438. The number of rotatable bonds is 2. The Balaban J connectivity index is 1.45. The molecule has 28 heavy (non-hydrogen) atoms. The predicted octanol–water partition coefficient (Wildman–Crippen LogP) is 2.29. The standard InChI is InChI=1S/C20H21FN5OP/c1-13-10-25-11-14(8-16(21)20(25)23-13)17-9-18(27)26-12-15(2-3-19(26)28-17)24-6-4-22-5-7-24/h2-3,8-12,19,22,28H,4-7H2,1H3. The van der Waals surface area contributed by atoms with Crippen molar-refractivity contribution in [3.8, 4) is 0 Å². The number of pyridine rings is 1. The molecule has 3 aliphatic heterocycles. The molecule has 5 heterocycles. The molecular weight excluding hydrogens is 376 g/mol. The van der Waals surface area contributed by atoms with Gasteiger partial charge in [-0.1, -0.05) is 14.7 Å². The molecule has 2 aromatic rings. The van der Waals surface area contributed by atoms with Crippen LogP contribution in [0.4, 0.5) is 4.39 Å². The number of halogens is 1. The maximum absolute atomic E-state index is 14.5. The van der Waals surface area contributed by atoms with Gasteiger partial charge < -0.3 is 19.5 Å². The van der Waals surface area contributed by atoms with Crippen LogP contribution in [-0.2, 0) is 4.79 Å². The normalized spacial score (nSPS) is 23.2. The third-order valence-electron chi connectivity index (χ3n) is 5.27. The first-order chi connectivity index (χ1) is 13.6. The first-order valence-electron chi connectivity index (χ1n) is 9.40. The largest absolute Gasteiger partial charge is 0.368 e. The molecule has 1 N–H and O–H groups in total. The van der Waals surface area contributed by atoms with E-state index in [-0.39, 0.29) is 17.5 Å². The van der Waals surface area contributed by atoms with Gasteiger partial charge in [-0.25, -0.2) is 9.37 Å². The second-order valence-corrected chi connectivity index (χ2v) is 8.65. The van der Waals surface area contributed by atoms with Crippen LogP contribution in [0.1, 0.15) is 11.3 Å². The maximum Gasteiger partial charge on any atom is 0.252 e. The number of imidazole rings is 1. The van der Waals surface area contributed by atoms with E-state index in [1.807, 2.05) is 19.3 Å². The zero-order valence-electron chi connectivity index (χ0n) is 15.5. The minimum atomic E-state index is -0.369. The molecular formula is C20H21FN5OP. The fraction of sp³-hybridized carbons (Fsp3) is 0.300. The van der Waals surface area contributed by atoms with Crippen molar-refractivity contribution < 1.29 is 9.18 Å². The van der Waals surface area contributed by atoms with Gasteiger partial charge in [0.15, 0.2) is 11.5 Å². The Hall–Kier alpha value is -2.50. The zero-order valence-corrected chi connectivity index (χ0v) is 16.5. The first kappa shape index (κ1) is 17.6. The molecule has 0 bridgehead atoms. The highest BCUT2D eigenvalue weighted by atomic mass is 31.1. The van der Waals surface area contributed by atoms with Crippen molar-refractivity contribution >= 4 is 25.4 Å². The van der Waals surface area contributed by atoms with Gasteiger partial charge in [-0.05, 0) is 24.4 Å². The minimum Gasteiger partial charge on any atom is -0.368 e. The highest BCUT2D eigenvalue weighted by Gasteiger charge is 2.30. The summed E-state index contributed by atoms with van der Waals surface area (Å²) in [4.78, 5) is 21.1. The smallest absolute Gasteiger partial charge is 0.252 e. The highest BCUT2D eigenvalue weighted by molar-refractivity contribution is 7.51. The van der Waals surface area contributed by atoms with Gasteiger partial charge in [0.25, 0.3) is 5.91 Å². The van der Waals surface area contributed by atoms with E-state index in [1.165, 1.54) is 6.07 Å². The van der Waals surface area contributed by atoms with Crippen molar-refractivity contribution in [3.63, 3.8) is 0 Å². The van der Waals surface area contributed by atoms with Crippen LogP contribution in [-0.4, -0.2) is 57.1 Å². The molecule has 1 amide bonds. The Morgan fingerprint density at radius 1 is 1.29 bits per heavy atom. The summed E-state index contributed by atoms with van der Waals surface area (Å²) in [6, 6.07) is 1.48. The number of nitrogens with zero attached hydrogens (tertiary/aromatic N) is 4. The summed E-state index contributed by atoms with van der Waals surface area (Å²) in [6.45, 7) is 5.63. The number of allylic oxidation sites excluding steroid dienone is 1. The van der Waals surface area contributed by atoms with Crippen LogP contribution >= 0.6 is 8.58 Å². The Labute approximate surface area is 164 Å². The van der Waals surface area contributed by atoms with E-state index in [1.54, 1.807) is 21.6 Å². The number of carbonyl (C=O) groups excluding carboxylic acids is 1. The van der Waals surface area contributed by atoms with Crippen LogP contribution in [0.2, 0.25) is 0 Å². The van der Waals surface area contributed by atoms with Gasteiger partial charge in [0.05, 0.1) is 17.2 Å². The molecule has 0 radical (unpaired) electrons. The molecule has 8 heteroatoms. The van der Waals surface area contributed by atoms with Gasteiger partial charge in [0, 0.05) is 56.4 Å². The van der Waals surface area contributed by atoms with E-state index in [0.29, 0.717) is 14.2 Å². The van der Waals surface area contributed by atoms with Gasteiger partial charge in [-0.3, -0.25) is 4.79 Å². The van der Waals surface area contributed by atoms with Crippen LogP contribution in [0.25, 0.3) is 11.0 Å². The van der Waals surface area contributed by atoms with Crippen molar-refractivity contribution in [2.75, 3.05) is 26.2 Å². The lowest BCUT2D eigenvalue weighted by atomic mass is 10.2. The van der Waals surface area contributed by atoms with Crippen LogP contribution in [0.3, 0.4) is 0 Å². The molecule has 5 rings (SSSR count). The van der Waals surface area contributed by atoms with E-state index in [0.717, 1.165) is 48.4 Å². The topological polar surface area (TPSA) is 52.9 Å². The molecule has 3 aliphatic rings. The van der Waals surface area contributed by atoms with Crippen molar-refractivity contribution in [2.45, 2.75) is 12.7 Å². The van der Waals surface area contributed by atoms with Crippen molar-refractivity contribution in [2.24, 2.45) is 0 Å². The van der Waals surface area contributed by atoms with Crippen LogP contribution < -0.4 is 5.32 Å². The molecule has 0 spiro atoms. The lowest BCUT2D eigenvalue weighted by Gasteiger charge is -2.37. The van der Waals surface area contributed by atoms with Gasteiger partial charge in [0.2, 0.25) is 0 Å². The zero-order chi connectivity index (χ0) is 19.3. The molecule has 2 unspecified atom stereocenters. The lowest BCUT2D eigenvalue weighted by molar-refractivity contribution is -0.123. The lowest BCUT2D eigenvalue weighted by Crippen LogP contribution is -2.44. The number of hydrogen-bond donors (Lipinski definition) is 1. The number of fused-ring (bicyclic) bond motifs is 2. The fourth-order valence-corrected chi connectivity index (χ4v) is 5.23. The van der Waals surface area contributed by atoms with E-state index in [9.17, 15) is 9.18 Å². The molecule has 1 fully saturated rings. The number of nitrogens with one attached hydrogen (secondary N) is 1. The van der Waals surface area contributed by atoms with Crippen LogP contribution in [0, 0.1) is 12.7 Å². The third-order valence-corrected chi connectivity index (χ3v) is 6.78. The van der Waals surface area contributed by atoms with Crippen LogP contribution in [0.5, 0.6) is 0 Å². The quantitative estimate of drug-likeness (QED) is 0.791. The number of piperazine rings is 1. The van der Waals surface area contributed by atoms with Gasteiger partial charge in [0.1, 0.15) is 0 Å². The number of aryl methyl sites for hydroxylation is 1. The minimum absolute atomic E-state index is 0.0116. The molecule has 0 saturated carbocycles. The summed E-state index contributed by atoms with van der Waals surface area (Å²) < 4.78 is 16.2. The molecule has 2 atom stereocenters. The number of hydrogen-bond acceptors (Lipinski definition) is 4. The van der Waals surface area contributed by atoms with Crippen molar-refractivity contribution in [3.05, 3.63) is 65.7 Å². The Morgan fingerprint density at radius 2 is 2.11 bits per heavy atom. The second-order valence-electron chi connectivity index (χ2n) is 7.23. The predicted molar refractivity (Wildman–Crippen MR) is 108 cm³/mol. The van der Waals surface area contributed by atoms with E-state index in [2.05, 4.69) is 27.4 Å². The summed E-state index contributed by atoms with van der Waals surface area (Å²) >= 11 is 0. The fourth-order valence-electron chi connectivity index (χ4n) is 3.87. The average Bonchev–Trinajstić information content (AvgIpc) is 3.09. The van der Waals surface area contributed by atoms with Gasteiger partial charge in [-0.2, -0.15) is 0 Å². The molecule has 0 aromatic carbocycles. The highest BCUT2D eigenvalue weighted by Crippen LogP contribution is 2.44. The molecule has 0 aliphatic carbocycles. The van der Waals surface area contributed by atoms with E-state index in [4.69, 9.17) is 0 Å². The third kappa shape index (κ3) is 3.05. The SMILES string of the molecule is Cc1cn2cc(C3=CC(=O)N4C=C(N5CCNCC5)C=CC4P3)cc(F)c2n1. The molecule has 1 saturated heterocycles. The Morgan fingerprint density at radius 3 is 2.93 bits per heavy atom. The number of aromatic nitrogens is 2. The maximum atomic E-state index is 14.5. The Bertz CT molecular complexity index is 1050. The molecule has 6 nitrogen and oxygen atoms in total. The molecule has 144 valence electrons. The summed E-state index contributed by atoms with van der Waals surface area (Å²) in [6.07, 6.45) is 11.5. The monoisotopic (exact) mass is 397 g/mol. The number of carbonyl (C=O) groups is 1. The number of amides is 1. The summed E-state index contributed by atoms with van der Waals surface area (Å²) in [7, 11) is 0.362. The molecule has 2 aromatic heterocycles. The van der Waals surface area contributed by atoms with Gasteiger partial charge in [-0.15, -0.1) is 0 Å². The van der Waals surface area contributed by atoms with Crippen molar-refractivity contribution in [1.29, 1.82) is 0 Å². The van der Waals surface area contributed by atoms with Crippen molar-refractivity contribution in [1.82, 2.24) is 24.5 Å². The van der Waals surface area contributed by atoms with Crippen LogP contribution in [0.15, 0.2) is 48.6 Å². The first-order valence-corrected chi connectivity index (χ1v) is 10.5. The summed E-state index contributed by atoms with van der Waals surface area (Å²) in [5, 5.41) is 4.22. The van der Waals surface area contributed by atoms with E-state index < -0.39 is 0 Å². The summed E-state index contributed by atoms with van der Waals surface area (Å²) in [5.41, 5.74) is 2.89. The van der Waals surface area contributed by atoms with Gasteiger partial charge >= 0.3 is 0 Å². The Kier molecular flexibility index (Phi) is 4.29. The van der Waals surface area contributed by atoms with E-state index >= 15 is 0 Å². The second kappa shape index (κ2) is 6.83. The average molecular weight is 397 g/mol.